The quantitative estimate of drug-likeness (QED) is 0.623. The van der Waals surface area contributed by atoms with E-state index in [4.69, 9.17) is 0 Å². The lowest BCUT2D eigenvalue weighted by molar-refractivity contribution is -0.129. The Hall–Kier alpha value is -2.70. The van der Waals surface area contributed by atoms with Gasteiger partial charge >= 0.3 is 0 Å². The Balaban J connectivity index is 2.11. The van der Waals surface area contributed by atoms with E-state index in [9.17, 15) is 14.7 Å². The van der Waals surface area contributed by atoms with Gasteiger partial charge in [-0.3, -0.25) is 9.59 Å². The lowest BCUT2D eigenvalue weighted by Crippen LogP contribution is -2.58. The van der Waals surface area contributed by atoms with Crippen LogP contribution in [0.5, 0.6) is 0 Å². The number of hydrogen-bond donors (Lipinski definition) is 2. The van der Waals surface area contributed by atoms with Gasteiger partial charge in [-0.2, -0.15) is 0 Å². The van der Waals surface area contributed by atoms with Crippen molar-refractivity contribution in [1.82, 2.24) is 15.1 Å². The summed E-state index contributed by atoms with van der Waals surface area (Å²) in [7, 11) is 4.03. The van der Waals surface area contributed by atoms with Crippen LogP contribution in [-0.4, -0.2) is 59.9 Å². The summed E-state index contributed by atoms with van der Waals surface area (Å²) in [5.41, 5.74) is 2.04. The second-order valence-electron chi connectivity index (χ2n) is 9.27. The van der Waals surface area contributed by atoms with Gasteiger partial charge in [0.05, 0.1) is 18.1 Å². The molecular weight excluding hydrogens is 402 g/mol. The van der Waals surface area contributed by atoms with Crippen molar-refractivity contribution in [1.29, 1.82) is 0 Å². The van der Waals surface area contributed by atoms with Gasteiger partial charge in [0.25, 0.3) is 5.91 Å². The molecule has 32 heavy (non-hydrogen) atoms. The van der Waals surface area contributed by atoms with E-state index < -0.39 is 11.5 Å². The van der Waals surface area contributed by atoms with Crippen LogP contribution in [0.4, 0.5) is 0 Å². The largest absolute Gasteiger partial charge is 0.392 e. The van der Waals surface area contributed by atoms with Gasteiger partial charge in [-0.15, -0.1) is 0 Å². The van der Waals surface area contributed by atoms with Crippen molar-refractivity contribution in [3.8, 4) is 0 Å². The van der Waals surface area contributed by atoms with Gasteiger partial charge in [-0.05, 0) is 70.6 Å². The molecule has 0 fully saturated rings. The van der Waals surface area contributed by atoms with E-state index in [1.165, 1.54) is 0 Å². The molecule has 0 saturated carbocycles. The van der Waals surface area contributed by atoms with Gasteiger partial charge in [-0.1, -0.05) is 42.5 Å². The maximum Gasteiger partial charge on any atom is 0.254 e. The van der Waals surface area contributed by atoms with Crippen molar-refractivity contribution in [2.45, 2.75) is 51.3 Å². The maximum atomic E-state index is 13.8. The van der Waals surface area contributed by atoms with Crippen LogP contribution in [-0.2, 0) is 16.8 Å². The fourth-order valence-corrected chi connectivity index (χ4v) is 4.66. The second-order valence-corrected chi connectivity index (χ2v) is 9.27. The molecule has 0 bridgehead atoms. The van der Waals surface area contributed by atoms with E-state index in [2.05, 4.69) is 10.2 Å². The molecule has 0 aliphatic carbocycles. The standard InChI is InChI=1S/C26H35N3O3/c1-18(2)29-23(20-13-11-19(17-30)12-14-20)26(3,25(32)27-15-8-16-28(4)5)22-10-7-6-9-21(22)24(29)31/h6-7,9-14,18,23,30H,8,15-17H2,1-5H3,(H,27,32)/t23-,26-/m0/s1. The average Bonchev–Trinajstić information content (AvgIpc) is 2.78. The molecule has 2 aromatic rings. The minimum atomic E-state index is -0.965. The first-order valence-corrected chi connectivity index (χ1v) is 11.3. The number of carbonyl (C=O) groups excluding carboxylic acids is 2. The van der Waals surface area contributed by atoms with Crippen molar-refractivity contribution in [2.75, 3.05) is 27.2 Å². The van der Waals surface area contributed by atoms with Crippen molar-refractivity contribution in [2.24, 2.45) is 0 Å². The third-order valence-electron chi connectivity index (χ3n) is 6.35. The predicted octanol–water partition coefficient (Wildman–Crippen LogP) is 3.11. The number of nitrogens with zero attached hydrogens (tertiary/aromatic N) is 2. The molecule has 0 unspecified atom stereocenters. The molecule has 2 N–H and O–H groups in total. The number of nitrogens with one attached hydrogen (secondary N) is 1. The van der Waals surface area contributed by atoms with Crippen LogP contribution >= 0.6 is 0 Å². The van der Waals surface area contributed by atoms with Gasteiger partial charge in [-0.25, -0.2) is 0 Å². The molecule has 3 rings (SSSR count). The van der Waals surface area contributed by atoms with E-state index in [0.717, 1.165) is 29.7 Å². The molecule has 172 valence electrons. The van der Waals surface area contributed by atoms with E-state index >= 15 is 0 Å². The Kier molecular flexibility index (Phi) is 7.36. The molecule has 1 aliphatic heterocycles. The second kappa shape index (κ2) is 9.84. The summed E-state index contributed by atoms with van der Waals surface area (Å²) in [6.45, 7) is 7.31. The summed E-state index contributed by atoms with van der Waals surface area (Å²) in [4.78, 5) is 31.3. The predicted molar refractivity (Wildman–Crippen MR) is 126 cm³/mol. The molecule has 0 spiro atoms. The molecule has 6 heteroatoms. The van der Waals surface area contributed by atoms with Crippen molar-refractivity contribution >= 4 is 11.8 Å². The van der Waals surface area contributed by atoms with Crippen LogP contribution in [0.2, 0.25) is 0 Å². The summed E-state index contributed by atoms with van der Waals surface area (Å²) in [6, 6.07) is 14.4. The molecule has 1 aliphatic rings. The molecule has 6 nitrogen and oxygen atoms in total. The highest BCUT2D eigenvalue weighted by Crippen LogP contribution is 2.48. The summed E-state index contributed by atoms with van der Waals surface area (Å²) in [6.07, 6.45) is 0.846. The first-order valence-electron chi connectivity index (χ1n) is 11.3. The van der Waals surface area contributed by atoms with E-state index in [-0.39, 0.29) is 24.5 Å². The van der Waals surface area contributed by atoms with E-state index in [0.29, 0.717) is 12.1 Å². The first kappa shape index (κ1) is 24.0. The monoisotopic (exact) mass is 437 g/mol. The Morgan fingerprint density at radius 3 is 2.41 bits per heavy atom. The average molecular weight is 438 g/mol. The van der Waals surface area contributed by atoms with Crippen LogP contribution in [0.25, 0.3) is 0 Å². The third-order valence-corrected chi connectivity index (χ3v) is 6.35. The maximum absolute atomic E-state index is 13.8. The number of amides is 2. The van der Waals surface area contributed by atoms with Gasteiger partial charge in [0.15, 0.2) is 0 Å². The smallest absolute Gasteiger partial charge is 0.254 e. The van der Waals surface area contributed by atoms with Gasteiger partial charge in [0.1, 0.15) is 0 Å². The van der Waals surface area contributed by atoms with E-state index in [1.807, 2.05) is 88.3 Å². The SMILES string of the molecule is CC(C)N1C(=O)c2ccccc2[C@](C)(C(=O)NCCCN(C)C)[C@@H]1c1ccc(CO)cc1. The molecule has 2 aromatic carbocycles. The molecule has 0 radical (unpaired) electrons. The molecule has 2 amide bonds. The minimum Gasteiger partial charge on any atom is -0.392 e. The Morgan fingerprint density at radius 1 is 1.16 bits per heavy atom. The zero-order valence-electron chi connectivity index (χ0n) is 19.8. The number of fused-ring (bicyclic) bond motifs is 1. The summed E-state index contributed by atoms with van der Waals surface area (Å²) >= 11 is 0. The number of hydrogen-bond acceptors (Lipinski definition) is 4. The summed E-state index contributed by atoms with van der Waals surface area (Å²) in [5, 5.41) is 12.6. The Labute approximate surface area is 191 Å². The zero-order chi connectivity index (χ0) is 23.5. The lowest BCUT2D eigenvalue weighted by Gasteiger charge is -2.49. The van der Waals surface area contributed by atoms with Gasteiger partial charge < -0.3 is 20.2 Å². The number of benzene rings is 2. The summed E-state index contributed by atoms with van der Waals surface area (Å²) < 4.78 is 0. The first-order chi connectivity index (χ1) is 15.2. The molecule has 0 aromatic heterocycles. The van der Waals surface area contributed by atoms with Crippen molar-refractivity contribution in [3.05, 3.63) is 70.8 Å². The van der Waals surface area contributed by atoms with Crippen molar-refractivity contribution in [3.63, 3.8) is 0 Å². The number of aliphatic hydroxyl groups excluding tert-OH is 1. The molecule has 2 atom stereocenters. The Bertz CT molecular complexity index is 955. The van der Waals surface area contributed by atoms with Crippen LogP contribution in [0, 0.1) is 0 Å². The fourth-order valence-electron chi connectivity index (χ4n) is 4.66. The Morgan fingerprint density at radius 2 is 1.81 bits per heavy atom. The fraction of sp³-hybridized carbons (Fsp3) is 0.462. The topological polar surface area (TPSA) is 72.9 Å². The van der Waals surface area contributed by atoms with Crippen LogP contribution < -0.4 is 5.32 Å². The van der Waals surface area contributed by atoms with Crippen LogP contribution in [0.1, 0.15) is 60.3 Å². The highest BCUT2D eigenvalue weighted by Gasteiger charge is 2.53. The number of carbonyl (C=O) groups is 2. The molecule has 0 saturated heterocycles. The van der Waals surface area contributed by atoms with E-state index in [1.54, 1.807) is 0 Å². The number of aliphatic hydroxyl groups is 1. The highest BCUT2D eigenvalue weighted by molar-refractivity contribution is 6.03. The molecule has 1 heterocycles. The van der Waals surface area contributed by atoms with Crippen LogP contribution in [0.3, 0.4) is 0 Å². The van der Waals surface area contributed by atoms with Crippen molar-refractivity contribution < 1.29 is 14.7 Å². The van der Waals surface area contributed by atoms with Gasteiger partial charge in [0, 0.05) is 18.2 Å². The summed E-state index contributed by atoms with van der Waals surface area (Å²) in [5.74, 6) is -0.150. The zero-order valence-corrected chi connectivity index (χ0v) is 19.8. The normalized spacial score (nSPS) is 20.6. The minimum absolute atomic E-state index is 0.0514. The lowest BCUT2D eigenvalue weighted by atomic mass is 9.67. The van der Waals surface area contributed by atoms with Crippen LogP contribution in [0.15, 0.2) is 48.5 Å². The van der Waals surface area contributed by atoms with Gasteiger partial charge in [0.2, 0.25) is 5.91 Å². The highest BCUT2D eigenvalue weighted by atomic mass is 16.3. The molecular formula is C26H35N3O3. The third kappa shape index (κ3) is 4.43. The number of rotatable bonds is 8.